The number of aliphatic hydroxyl groups is 1. The Morgan fingerprint density at radius 1 is 1.73 bits per heavy atom. The number of aliphatic hydroxyl groups excluding tert-OH is 1. The van der Waals surface area contributed by atoms with Gasteiger partial charge in [0.25, 0.3) is 0 Å². The van der Waals surface area contributed by atoms with Crippen LogP contribution in [-0.2, 0) is 0 Å². The van der Waals surface area contributed by atoms with E-state index in [1.807, 2.05) is 6.92 Å². The molecule has 2 atom stereocenters. The van der Waals surface area contributed by atoms with Gasteiger partial charge in [0.05, 0.1) is 6.10 Å². The zero-order chi connectivity index (χ0) is 8.27. The van der Waals surface area contributed by atoms with Crippen LogP contribution in [0.5, 0.6) is 0 Å². The van der Waals surface area contributed by atoms with Crippen molar-refractivity contribution in [3.8, 4) is 0 Å². The molecule has 0 amide bonds. The third kappa shape index (κ3) is 3.18. The quantitative estimate of drug-likeness (QED) is 0.577. The minimum atomic E-state index is -0.194. The molecule has 0 radical (unpaired) electrons. The zero-order valence-corrected chi connectivity index (χ0v) is 7.38. The third-order valence-corrected chi connectivity index (χ3v) is 1.98. The number of nitrogens with one attached hydrogen (secondary N) is 1. The molecule has 1 saturated heterocycles. The van der Waals surface area contributed by atoms with Gasteiger partial charge in [-0.05, 0) is 13.8 Å². The molecular formula is C8H18N2O. The van der Waals surface area contributed by atoms with E-state index in [9.17, 15) is 0 Å². The summed E-state index contributed by atoms with van der Waals surface area (Å²) >= 11 is 0. The van der Waals surface area contributed by atoms with Crippen LogP contribution >= 0.6 is 0 Å². The molecule has 1 aliphatic rings. The van der Waals surface area contributed by atoms with Crippen molar-refractivity contribution in [2.75, 3.05) is 26.2 Å². The number of piperazine rings is 1. The topological polar surface area (TPSA) is 35.5 Å². The minimum Gasteiger partial charge on any atom is -0.392 e. The maximum atomic E-state index is 9.13. The second-order valence-corrected chi connectivity index (χ2v) is 3.46. The molecule has 3 nitrogen and oxygen atoms in total. The molecule has 11 heavy (non-hydrogen) atoms. The number of nitrogens with zero attached hydrogens (tertiary/aromatic N) is 1. The normalized spacial score (nSPS) is 30.3. The van der Waals surface area contributed by atoms with Gasteiger partial charge in [-0.15, -0.1) is 0 Å². The zero-order valence-electron chi connectivity index (χ0n) is 7.38. The van der Waals surface area contributed by atoms with E-state index in [0.29, 0.717) is 6.04 Å². The fraction of sp³-hybridized carbons (Fsp3) is 1.00. The maximum absolute atomic E-state index is 9.13. The van der Waals surface area contributed by atoms with Crippen molar-refractivity contribution in [1.82, 2.24) is 10.2 Å². The highest BCUT2D eigenvalue weighted by atomic mass is 16.3. The van der Waals surface area contributed by atoms with Gasteiger partial charge in [-0.1, -0.05) is 0 Å². The molecule has 0 aromatic heterocycles. The highest BCUT2D eigenvalue weighted by Gasteiger charge is 2.15. The summed E-state index contributed by atoms with van der Waals surface area (Å²) in [5, 5.41) is 12.5. The van der Waals surface area contributed by atoms with Crippen LogP contribution < -0.4 is 5.32 Å². The average molecular weight is 158 g/mol. The summed E-state index contributed by atoms with van der Waals surface area (Å²) in [4.78, 5) is 2.30. The summed E-state index contributed by atoms with van der Waals surface area (Å²) < 4.78 is 0. The van der Waals surface area contributed by atoms with Crippen molar-refractivity contribution in [3.63, 3.8) is 0 Å². The molecule has 3 heteroatoms. The third-order valence-electron chi connectivity index (χ3n) is 1.98. The molecule has 0 aliphatic carbocycles. The van der Waals surface area contributed by atoms with Gasteiger partial charge in [0.15, 0.2) is 0 Å². The molecule has 1 fully saturated rings. The molecule has 1 heterocycles. The molecule has 0 spiro atoms. The van der Waals surface area contributed by atoms with Crippen LogP contribution in [0.4, 0.5) is 0 Å². The predicted molar refractivity (Wildman–Crippen MR) is 45.6 cm³/mol. The number of rotatable bonds is 2. The van der Waals surface area contributed by atoms with Crippen LogP contribution in [0.3, 0.4) is 0 Å². The Morgan fingerprint density at radius 3 is 3.00 bits per heavy atom. The van der Waals surface area contributed by atoms with Crippen molar-refractivity contribution < 1.29 is 5.11 Å². The van der Waals surface area contributed by atoms with Gasteiger partial charge in [0.2, 0.25) is 0 Å². The number of hydrogen-bond acceptors (Lipinski definition) is 3. The predicted octanol–water partition coefficient (Wildman–Crippen LogP) is -0.339. The fourth-order valence-corrected chi connectivity index (χ4v) is 1.55. The first-order chi connectivity index (χ1) is 5.18. The van der Waals surface area contributed by atoms with Crippen molar-refractivity contribution >= 4 is 0 Å². The van der Waals surface area contributed by atoms with Crippen molar-refractivity contribution in [2.45, 2.75) is 26.0 Å². The van der Waals surface area contributed by atoms with Crippen LogP contribution in [-0.4, -0.2) is 48.3 Å². The Labute approximate surface area is 68.4 Å². The first-order valence-corrected chi connectivity index (χ1v) is 4.32. The first-order valence-electron chi connectivity index (χ1n) is 4.32. The molecule has 66 valence electrons. The average Bonchev–Trinajstić information content (AvgIpc) is 1.85. The Hall–Kier alpha value is -0.120. The summed E-state index contributed by atoms with van der Waals surface area (Å²) in [6.07, 6.45) is -0.194. The first kappa shape index (κ1) is 8.97. The van der Waals surface area contributed by atoms with E-state index >= 15 is 0 Å². The second-order valence-electron chi connectivity index (χ2n) is 3.46. The Kier molecular flexibility index (Phi) is 3.30. The lowest BCUT2D eigenvalue weighted by Gasteiger charge is -2.32. The van der Waals surface area contributed by atoms with Crippen LogP contribution in [0.2, 0.25) is 0 Å². The highest BCUT2D eigenvalue weighted by Crippen LogP contribution is 1.99. The second kappa shape index (κ2) is 4.04. The van der Waals surface area contributed by atoms with Crippen LogP contribution in [0.1, 0.15) is 13.8 Å². The van der Waals surface area contributed by atoms with Gasteiger partial charge in [-0.3, -0.25) is 4.90 Å². The van der Waals surface area contributed by atoms with E-state index in [1.165, 1.54) is 0 Å². The van der Waals surface area contributed by atoms with Gasteiger partial charge < -0.3 is 10.4 Å². The van der Waals surface area contributed by atoms with Crippen molar-refractivity contribution in [3.05, 3.63) is 0 Å². The minimum absolute atomic E-state index is 0.194. The lowest BCUT2D eigenvalue weighted by molar-refractivity contribution is 0.108. The Bertz CT molecular complexity index is 115. The van der Waals surface area contributed by atoms with Gasteiger partial charge in [0, 0.05) is 32.2 Å². The van der Waals surface area contributed by atoms with Crippen molar-refractivity contribution in [2.24, 2.45) is 0 Å². The maximum Gasteiger partial charge on any atom is 0.0639 e. The molecule has 1 aliphatic heterocycles. The standard InChI is InChI=1S/C8H18N2O/c1-7-5-10(4-3-9-7)6-8(2)11/h7-9,11H,3-6H2,1-2H3. The van der Waals surface area contributed by atoms with E-state index < -0.39 is 0 Å². The fourth-order valence-electron chi connectivity index (χ4n) is 1.55. The molecule has 0 aromatic carbocycles. The number of β-amino-alcohol motifs (C(OH)–C–C–N with tert-alkyl or cyclic N) is 1. The summed E-state index contributed by atoms with van der Waals surface area (Å²) in [5.41, 5.74) is 0. The van der Waals surface area contributed by atoms with E-state index in [2.05, 4.69) is 17.1 Å². The van der Waals surface area contributed by atoms with E-state index in [4.69, 9.17) is 5.11 Å². The summed E-state index contributed by atoms with van der Waals surface area (Å²) in [5.74, 6) is 0. The lowest BCUT2D eigenvalue weighted by Crippen LogP contribution is -2.50. The van der Waals surface area contributed by atoms with Crippen LogP contribution in [0.15, 0.2) is 0 Å². The molecule has 0 aromatic rings. The van der Waals surface area contributed by atoms with Gasteiger partial charge in [-0.2, -0.15) is 0 Å². The van der Waals surface area contributed by atoms with Crippen LogP contribution in [0, 0.1) is 0 Å². The SMILES string of the molecule is CC(O)CN1CCNC(C)C1. The molecule has 0 bridgehead atoms. The summed E-state index contributed by atoms with van der Waals surface area (Å²) in [6, 6.07) is 0.572. The van der Waals surface area contributed by atoms with Crippen molar-refractivity contribution in [1.29, 1.82) is 0 Å². The van der Waals surface area contributed by atoms with E-state index in [-0.39, 0.29) is 6.10 Å². The molecule has 2 unspecified atom stereocenters. The van der Waals surface area contributed by atoms with Gasteiger partial charge in [0.1, 0.15) is 0 Å². The molecular weight excluding hydrogens is 140 g/mol. The van der Waals surface area contributed by atoms with Gasteiger partial charge >= 0.3 is 0 Å². The molecule has 1 rings (SSSR count). The smallest absolute Gasteiger partial charge is 0.0639 e. The number of hydrogen-bond donors (Lipinski definition) is 2. The Morgan fingerprint density at radius 2 is 2.45 bits per heavy atom. The molecule has 0 saturated carbocycles. The van der Waals surface area contributed by atoms with Gasteiger partial charge in [-0.25, -0.2) is 0 Å². The van der Waals surface area contributed by atoms with E-state index in [0.717, 1.165) is 26.2 Å². The summed E-state index contributed by atoms with van der Waals surface area (Å²) in [6.45, 7) is 8.00. The van der Waals surface area contributed by atoms with Crippen LogP contribution in [0.25, 0.3) is 0 Å². The molecule has 2 N–H and O–H groups in total. The van der Waals surface area contributed by atoms with E-state index in [1.54, 1.807) is 0 Å². The lowest BCUT2D eigenvalue weighted by atomic mass is 10.2. The Balaban J connectivity index is 2.23. The highest BCUT2D eigenvalue weighted by molar-refractivity contribution is 4.75. The monoisotopic (exact) mass is 158 g/mol. The largest absolute Gasteiger partial charge is 0.392 e. The summed E-state index contributed by atoms with van der Waals surface area (Å²) in [7, 11) is 0.